The molecule has 0 bridgehead atoms. The number of aryl methyl sites for hydroxylation is 1. The number of ether oxygens (including phenoxy) is 1. The Kier molecular flexibility index (Phi) is 3.28. The fourth-order valence-corrected chi connectivity index (χ4v) is 2.52. The first-order chi connectivity index (χ1) is 9.66. The van der Waals surface area contributed by atoms with E-state index in [0.29, 0.717) is 18.0 Å². The van der Waals surface area contributed by atoms with Crippen LogP contribution in [-0.2, 0) is 4.74 Å². The van der Waals surface area contributed by atoms with Gasteiger partial charge in [-0.3, -0.25) is 4.79 Å². The van der Waals surface area contributed by atoms with Gasteiger partial charge in [0.1, 0.15) is 17.5 Å². The molecule has 0 saturated carbocycles. The predicted molar refractivity (Wildman–Crippen MR) is 74.6 cm³/mol. The molecule has 2 heterocycles. The molecule has 20 heavy (non-hydrogen) atoms. The van der Waals surface area contributed by atoms with E-state index in [1.165, 1.54) is 0 Å². The van der Waals surface area contributed by atoms with Crippen LogP contribution in [0.25, 0.3) is 11.1 Å². The summed E-state index contributed by atoms with van der Waals surface area (Å²) in [4.78, 5) is 19.1. The van der Waals surface area contributed by atoms with Crippen molar-refractivity contribution >= 4 is 0 Å². The van der Waals surface area contributed by atoms with Crippen LogP contribution in [0.4, 0.5) is 0 Å². The molecule has 0 amide bonds. The average molecular weight is 272 g/mol. The number of aromatic nitrogens is 2. The largest absolute Gasteiger partial charge is 0.493 e. The van der Waals surface area contributed by atoms with Gasteiger partial charge >= 0.3 is 0 Å². The van der Waals surface area contributed by atoms with Gasteiger partial charge in [-0.2, -0.15) is 4.98 Å². The van der Waals surface area contributed by atoms with E-state index in [1.807, 2.05) is 25.1 Å². The number of benzene rings is 1. The van der Waals surface area contributed by atoms with Crippen molar-refractivity contribution in [3.05, 3.63) is 46.0 Å². The summed E-state index contributed by atoms with van der Waals surface area (Å²) in [5.74, 6) is 0.163. The molecule has 1 aliphatic rings. The highest BCUT2D eigenvalue weighted by molar-refractivity contribution is 5.70. The third-order valence-electron chi connectivity index (χ3n) is 3.57. The Balaban J connectivity index is 2.10. The molecule has 0 aliphatic carbocycles. The Labute approximate surface area is 116 Å². The summed E-state index contributed by atoms with van der Waals surface area (Å²) in [6.45, 7) is 2.55. The SMILES string of the molecule is Cc1ccccc1-c1c(O)nc(C2CCCO2)[nH]c1=O. The van der Waals surface area contributed by atoms with Crippen LogP contribution in [0, 0.1) is 6.92 Å². The van der Waals surface area contributed by atoms with Crippen molar-refractivity contribution in [1.29, 1.82) is 0 Å². The van der Waals surface area contributed by atoms with Crippen LogP contribution in [0.15, 0.2) is 29.1 Å². The molecular formula is C15H16N2O3. The smallest absolute Gasteiger partial charge is 0.262 e. The number of hydrogen-bond acceptors (Lipinski definition) is 4. The fourth-order valence-electron chi connectivity index (χ4n) is 2.52. The molecule has 0 spiro atoms. The van der Waals surface area contributed by atoms with Crippen LogP contribution in [0.5, 0.6) is 5.88 Å². The standard InChI is InChI=1S/C15H16N2O3/c1-9-5-2-3-6-10(9)12-14(18)16-13(17-15(12)19)11-7-4-8-20-11/h2-3,5-6,11H,4,7-8H2,1H3,(H2,16,17,18,19). The van der Waals surface area contributed by atoms with Gasteiger partial charge in [0.25, 0.3) is 5.56 Å². The second-order valence-corrected chi connectivity index (χ2v) is 4.97. The highest BCUT2D eigenvalue weighted by atomic mass is 16.5. The normalized spacial score (nSPS) is 18.4. The third kappa shape index (κ3) is 2.20. The quantitative estimate of drug-likeness (QED) is 0.879. The lowest BCUT2D eigenvalue weighted by Crippen LogP contribution is -2.16. The molecule has 104 valence electrons. The lowest BCUT2D eigenvalue weighted by Gasteiger charge is -2.11. The van der Waals surface area contributed by atoms with Crippen LogP contribution in [0.3, 0.4) is 0 Å². The lowest BCUT2D eigenvalue weighted by molar-refractivity contribution is 0.104. The number of nitrogens with zero attached hydrogens (tertiary/aromatic N) is 1. The highest BCUT2D eigenvalue weighted by Crippen LogP contribution is 2.30. The van der Waals surface area contributed by atoms with Crippen LogP contribution < -0.4 is 5.56 Å². The fraction of sp³-hybridized carbons (Fsp3) is 0.333. The molecule has 1 fully saturated rings. The van der Waals surface area contributed by atoms with E-state index < -0.39 is 0 Å². The zero-order valence-corrected chi connectivity index (χ0v) is 11.2. The van der Waals surface area contributed by atoms with E-state index in [4.69, 9.17) is 4.74 Å². The first-order valence-electron chi connectivity index (χ1n) is 6.67. The first kappa shape index (κ1) is 12.9. The van der Waals surface area contributed by atoms with E-state index in [0.717, 1.165) is 18.4 Å². The van der Waals surface area contributed by atoms with Gasteiger partial charge in [0.05, 0.1) is 0 Å². The van der Waals surface area contributed by atoms with Gasteiger partial charge < -0.3 is 14.8 Å². The molecule has 2 aromatic rings. The molecule has 5 nitrogen and oxygen atoms in total. The van der Waals surface area contributed by atoms with Crippen molar-refractivity contribution in [2.75, 3.05) is 6.61 Å². The Bertz CT molecular complexity index is 688. The second-order valence-electron chi connectivity index (χ2n) is 4.97. The number of aromatic amines is 1. The summed E-state index contributed by atoms with van der Waals surface area (Å²) in [5, 5.41) is 10.1. The van der Waals surface area contributed by atoms with Crippen molar-refractivity contribution < 1.29 is 9.84 Å². The minimum absolute atomic E-state index is 0.213. The Morgan fingerprint density at radius 1 is 1.40 bits per heavy atom. The Hall–Kier alpha value is -2.14. The van der Waals surface area contributed by atoms with Crippen LogP contribution >= 0.6 is 0 Å². The third-order valence-corrected chi connectivity index (χ3v) is 3.57. The molecule has 1 saturated heterocycles. The molecule has 3 rings (SSSR count). The van der Waals surface area contributed by atoms with Gasteiger partial charge in [-0.05, 0) is 30.9 Å². The van der Waals surface area contributed by atoms with Gasteiger partial charge in [-0.15, -0.1) is 0 Å². The molecule has 2 N–H and O–H groups in total. The number of aromatic hydroxyl groups is 1. The van der Waals surface area contributed by atoms with Crippen LogP contribution in [0.2, 0.25) is 0 Å². The molecule has 1 atom stereocenters. The zero-order valence-electron chi connectivity index (χ0n) is 11.2. The number of H-pyrrole nitrogens is 1. The first-order valence-corrected chi connectivity index (χ1v) is 6.67. The second kappa shape index (κ2) is 5.09. The maximum absolute atomic E-state index is 12.3. The van der Waals surface area contributed by atoms with Crippen molar-refractivity contribution in [3.8, 4) is 17.0 Å². The molecule has 1 aromatic heterocycles. The van der Waals surface area contributed by atoms with Gasteiger partial charge in [0.15, 0.2) is 0 Å². The van der Waals surface area contributed by atoms with E-state index in [2.05, 4.69) is 9.97 Å². The summed E-state index contributed by atoms with van der Waals surface area (Å²) in [6.07, 6.45) is 1.53. The summed E-state index contributed by atoms with van der Waals surface area (Å²) in [6, 6.07) is 7.41. The van der Waals surface area contributed by atoms with Crippen molar-refractivity contribution in [3.63, 3.8) is 0 Å². The summed E-state index contributed by atoms with van der Waals surface area (Å²) < 4.78 is 5.47. The van der Waals surface area contributed by atoms with Gasteiger partial charge in [0.2, 0.25) is 5.88 Å². The zero-order chi connectivity index (χ0) is 14.1. The van der Waals surface area contributed by atoms with Gasteiger partial charge in [-0.25, -0.2) is 0 Å². The maximum atomic E-state index is 12.3. The van der Waals surface area contributed by atoms with Gasteiger partial charge in [-0.1, -0.05) is 24.3 Å². The van der Waals surface area contributed by atoms with E-state index in [1.54, 1.807) is 6.07 Å². The minimum Gasteiger partial charge on any atom is -0.493 e. The molecule has 0 radical (unpaired) electrons. The van der Waals surface area contributed by atoms with Crippen molar-refractivity contribution in [2.24, 2.45) is 0 Å². The van der Waals surface area contributed by atoms with Crippen LogP contribution in [0.1, 0.15) is 30.3 Å². The van der Waals surface area contributed by atoms with E-state index in [-0.39, 0.29) is 23.1 Å². The Morgan fingerprint density at radius 2 is 2.20 bits per heavy atom. The molecule has 1 aromatic carbocycles. The lowest BCUT2D eigenvalue weighted by atomic mass is 10.0. The summed E-state index contributed by atoms with van der Waals surface area (Å²) >= 11 is 0. The minimum atomic E-state index is -0.336. The topological polar surface area (TPSA) is 75.2 Å². The molecular weight excluding hydrogens is 256 g/mol. The summed E-state index contributed by atoms with van der Waals surface area (Å²) in [5.41, 5.74) is 1.49. The monoisotopic (exact) mass is 272 g/mol. The van der Waals surface area contributed by atoms with E-state index >= 15 is 0 Å². The van der Waals surface area contributed by atoms with Crippen molar-refractivity contribution in [2.45, 2.75) is 25.9 Å². The highest BCUT2D eigenvalue weighted by Gasteiger charge is 2.23. The summed E-state index contributed by atoms with van der Waals surface area (Å²) in [7, 11) is 0. The number of hydrogen-bond donors (Lipinski definition) is 2. The predicted octanol–water partition coefficient (Wildman–Crippen LogP) is 2.30. The van der Waals surface area contributed by atoms with Gasteiger partial charge in [0, 0.05) is 6.61 Å². The van der Waals surface area contributed by atoms with E-state index in [9.17, 15) is 9.90 Å². The molecule has 1 aliphatic heterocycles. The molecule has 5 heteroatoms. The van der Waals surface area contributed by atoms with Crippen LogP contribution in [-0.4, -0.2) is 21.7 Å². The number of nitrogens with one attached hydrogen (secondary N) is 1. The van der Waals surface area contributed by atoms with Crippen molar-refractivity contribution in [1.82, 2.24) is 9.97 Å². The molecule has 1 unspecified atom stereocenters. The average Bonchev–Trinajstić information content (AvgIpc) is 2.94. The Morgan fingerprint density at radius 3 is 2.85 bits per heavy atom. The number of rotatable bonds is 2. The maximum Gasteiger partial charge on any atom is 0.262 e.